The number of nitrogens with zero attached hydrogens (tertiary/aromatic N) is 1. The summed E-state index contributed by atoms with van der Waals surface area (Å²) in [6, 6.07) is 10.4. The fraction of sp³-hybridized carbons (Fsp3) is 0.500. The van der Waals surface area contributed by atoms with Crippen LogP contribution in [0.4, 0.5) is 0 Å². The van der Waals surface area contributed by atoms with Gasteiger partial charge in [-0.05, 0) is 12.6 Å². The molecule has 1 aromatic carbocycles. The van der Waals surface area contributed by atoms with Crippen molar-refractivity contribution >= 4 is 5.91 Å². The first-order valence-electron chi connectivity index (χ1n) is 6.46. The summed E-state index contributed by atoms with van der Waals surface area (Å²) in [7, 11) is 2.07. The maximum Gasteiger partial charge on any atom is 0.225 e. The van der Waals surface area contributed by atoms with Crippen LogP contribution >= 0.6 is 0 Å². The Morgan fingerprint density at radius 3 is 2.72 bits per heavy atom. The molecule has 1 amide bonds. The highest BCUT2D eigenvalue weighted by atomic mass is 16.2. The van der Waals surface area contributed by atoms with Crippen LogP contribution in [0.1, 0.15) is 5.56 Å². The molecule has 4 nitrogen and oxygen atoms in total. The first-order valence-corrected chi connectivity index (χ1v) is 6.46. The van der Waals surface area contributed by atoms with E-state index < -0.39 is 0 Å². The third-order valence-electron chi connectivity index (χ3n) is 3.24. The van der Waals surface area contributed by atoms with Gasteiger partial charge in [0.25, 0.3) is 0 Å². The zero-order valence-electron chi connectivity index (χ0n) is 10.9. The van der Waals surface area contributed by atoms with Crippen LogP contribution in [-0.4, -0.2) is 44.0 Å². The van der Waals surface area contributed by atoms with E-state index in [0.717, 1.165) is 32.7 Å². The lowest BCUT2D eigenvalue weighted by Gasteiger charge is -2.26. The van der Waals surface area contributed by atoms with Crippen molar-refractivity contribution in [2.75, 3.05) is 33.2 Å². The SMILES string of the molecule is CN(CCNC(=O)C1CNC1)Cc1ccccc1. The van der Waals surface area contributed by atoms with Gasteiger partial charge in [0.05, 0.1) is 5.92 Å². The van der Waals surface area contributed by atoms with Crippen LogP contribution in [0.2, 0.25) is 0 Å². The molecule has 1 aromatic rings. The minimum atomic E-state index is 0.182. The molecule has 2 N–H and O–H groups in total. The first kappa shape index (κ1) is 13.1. The number of likely N-dealkylation sites (N-methyl/N-ethyl adjacent to an activating group) is 1. The fourth-order valence-corrected chi connectivity index (χ4v) is 1.96. The summed E-state index contributed by atoms with van der Waals surface area (Å²) in [5.41, 5.74) is 1.30. The molecule has 0 saturated carbocycles. The third kappa shape index (κ3) is 3.82. The third-order valence-corrected chi connectivity index (χ3v) is 3.24. The smallest absolute Gasteiger partial charge is 0.225 e. The Labute approximate surface area is 108 Å². The average Bonchev–Trinajstić information content (AvgIpc) is 2.27. The van der Waals surface area contributed by atoms with E-state index in [4.69, 9.17) is 0 Å². The Balaban J connectivity index is 1.62. The lowest BCUT2D eigenvalue weighted by atomic mass is 10.0. The molecule has 18 heavy (non-hydrogen) atoms. The average molecular weight is 247 g/mol. The quantitative estimate of drug-likeness (QED) is 0.767. The summed E-state index contributed by atoms with van der Waals surface area (Å²) in [6.45, 7) is 4.17. The lowest BCUT2D eigenvalue weighted by Crippen LogP contribution is -2.51. The van der Waals surface area contributed by atoms with Crippen molar-refractivity contribution in [3.63, 3.8) is 0 Å². The highest BCUT2D eigenvalue weighted by molar-refractivity contribution is 5.79. The van der Waals surface area contributed by atoms with Gasteiger partial charge in [0.15, 0.2) is 0 Å². The summed E-state index contributed by atoms with van der Waals surface area (Å²) in [4.78, 5) is 13.8. The molecule has 1 saturated heterocycles. The van der Waals surface area contributed by atoms with Gasteiger partial charge in [-0.2, -0.15) is 0 Å². The maximum absolute atomic E-state index is 11.6. The van der Waals surface area contributed by atoms with Crippen LogP contribution in [0.15, 0.2) is 30.3 Å². The van der Waals surface area contributed by atoms with Gasteiger partial charge < -0.3 is 15.5 Å². The molecular weight excluding hydrogens is 226 g/mol. The number of benzene rings is 1. The second-order valence-corrected chi connectivity index (χ2v) is 4.87. The van der Waals surface area contributed by atoms with E-state index in [2.05, 4.69) is 46.8 Å². The lowest BCUT2D eigenvalue weighted by molar-refractivity contribution is -0.126. The highest BCUT2D eigenvalue weighted by Crippen LogP contribution is 2.03. The van der Waals surface area contributed by atoms with Crippen molar-refractivity contribution in [1.82, 2.24) is 15.5 Å². The van der Waals surface area contributed by atoms with Crippen LogP contribution < -0.4 is 10.6 Å². The Bertz CT molecular complexity index is 376. The Morgan fingerprint density at radius 1 is 1.39 bits per heavy atom. The molecule has 0 bridgehead atoms. The van der Waals surface area contributed by atoms with Crippen molar-refractivity contribution < 1.29 is 4.79 Å². The molecule has 1 aliphatic rings. The summed E-state index contributed by atoms with van der Waals surface area (Å²) >= 11 is 0. The molecule has 2 rings (SSSR count). The molecule has 0 spiro atoms. The summed E-state index contributed by atoms with van der Waals surface area (Å²) in [6.07, 6.45) is 0. The minimum Gasteiger partial charge on any atom is -0.354 e. The van der Waals surface area contributed by atoms with Gasteiger partial charge in [-0.3, -0.25) is 4.79 Å². The van der Waals surface area contributed by atoms with Crippen molar-refractivity contribution in [3.8, 4) is 0 Å². The number of rotatable bonds is 6. The largest absolute Gasteiger partial charge is 0.354 e. The van der Waals surface area contributed by atoms with Gasteiger partial charge in [0.1, 0.15) is 0 Å². The summed E-state index contributed by atoms with van der Waals surface area (Å²) in [5.74, 6) is 0.367. The molecule has 4 heteroatoms. The monoisotopic (exact) mass is 247 g/mol. The van der Waals surface area contributed by atoms with Crippen molar-refractivity contribution in [2.45, 2.75) is 6.54 Å². The van der Waals surface area contributed by atoms with Crippen LogP contribution in [0.3, 0.4) is 0 Å². The van der Waals surface area contributed by atoms with Crippen LogP contribution in [-0.2, 0) is 11.3 Å². The molecule has 1 fully saturated rings. The van der Waals surface area contributed by atoms with Crippen molar-refractivity contribution in [3.05, 3.63) is 35.9 Å². The van der Waals surface area contributed by atoms with E-state index in [-0.39, 0.29) is 11.8 Å². The van der Waals surface area contributed by atoms with Crippen LogP contribution in [0.5, 0.6) is 0 Å². The predicted octanol–water partition coefficient (Wildman–Crippen LogP) is 0.454. The van der Waals surface area contributed by atoms with E-state index >= 15 is 0 Å². The maximum atomic E-state index is 11.6. The minimum absolute atomic E-state index is 0.182. The zero-order chi connectivity index (χ0) is 12.8. The van der Waals surface area contributed by atoms with E-state index in [0.29, 0.717) is 0 Å². The Morgan fingerprint density at radius 2 is 2.11 bits per heavy atom. The molecule has 98 valence electrons. The standard InChI is InChI=1S/C14H21N3O/c1-17(11-12-5-3-2-4-6-12)8-7-16-14(18)13-9-15-10-13/h2-6,13,15H,7-11H2,1H3,(H,16,18). The van der Waals surface area contributed by atoms with Crippen molar-refractivity contribution in [2.24, 2.45) is 5.92 Å². The Kier molecular flexibility index (Phi) is 4.73. The number of nitrogens with one attached hydrogen (secondary N) is 2. The van der Waals surface area contributed by atoms with Crippen molar-refractivity contribution in [1.29, 1.82) is 0 Å². The Hall–Kier alpha value is -1.39. The van der Waals surface area contributed by atoms with Gasteiger partial charge >= 0.3 is 0 Å². The second-order valence-electron chi connectivity index (χ2n) is 4.87. The van der Waals surface area contributed by atoms with Crippen LogP contribution in [0.25, 0.3) is 0 Å². The number of carbonyl (C=O) groups is 1. The molecule has 0 radical (unpaired) electrons. The van der Waals surface area contributed by atoms with E-state index in [1.54, 1.807) is 0 Å². The summed E-state index contributed by atoms with van der Waals surface area (Å²) < 4.78 is 0. The molecule has 0 aliphatic carbocycles. The second kappa shape index (κ2) is 6.52. The first-order chi connectivity index (χ1) is 8.75. The number of hydrogen-bond donors (Lipinski definition) is 2. The van der Waals surface area contributed by atoms with E-state index in [1.165, 1.54) is 5.56 Å². The molecule has 1 aliphatic heterocycles. The predicted molar refractivity (Wildman–Crippen MR) is 72.1 cm³/mol. The number of hydrogen-bond acceptors (Lipinski definition) is 3. The molecule has 0 atom stereocenters. The topological polar surface area (TPSA) is 44.4 Å². The molecule has 1 heterocycles. The number of amides is 1. The van der Waals surface area contributed by atoms with Gasteiger partial charge in [-0.15, -0.1) is 0 Å². The highest BCUT2D eigenvalue weighted by Gasteiger charge is 2.24. The zero-order valence-corrected chi connectivity index (χ0v) is 10.9. The molecular formula is C14H21N3O. The summed E-state index contributed by atoms with van der Waals surface area (Å²) in [5, 5.41) is 6.08. The van der Waals surface area contributed by atoms with Gasteiger partial charge in [0, 0.05) is 32.7 Å². The van der Waals surface area contributed by atoms with Gasteiger partial charge in [-0.25, -0.2) is 0 Å². The normalized spacial score (nSPS) is 15.4. The molecule has 0 unspecified atom stereocenters. The fourth-order valence-electron chi connectivity index (χ4n) is 1.96. The van der Waals surface area contributed by atoms with E-state index in [9.17, 15) is 4.79 Å². The molecule has 0 aromatic heterocycles. The van der Waals surface area contributed by atoms with E-state index in [1.807, 2.05) is 6.07 Å². The van der Waals surface area contributed by atoms with Gasteiger partial charge in [0.2, 0.25) is 5.91 Å². The number of carbonyl (C=O) groups excluding carboxylic acids is 1. The van der Waals surface area contributed by atoms with Crippen LogP contribution in [0, 0.1) is 5.92 Å². The van der Waals surface area contributed by atoms with Gasteiger partial charge in [-0.1, -0.05) is 30.3 Å².